The summed E-state index contributed by atoms with van der Waals surface area (Å²) in [6.07, 6.45) is 0. The average Bonchev–Trinajstić information content (AvgIpc) is 2.67. The van der Waals surface area contributed by atoms with Crippen molar-refractivity contribution in [1.29, 1.82) is 0 Å². The fourth-order valence-corrected chi connectivity index (χ4v) is 2.94. The SMILES string of the molecule is Cc1cc(CS(=O)Cc2ccccc2Cl)no1. The van der Waals surface area contributed by atoms with E-state index in [4.69, 9.17) is 16.1 Å². The first-order valence-corrected chi connectivity index (χ1v) is 7.02. The van der Waals surface area contributed by atoms with Crippen LogP contribution in [0.4, 0.5) is 0 Å². The molecule has 1 aromatic carbocycles. The largest absolute Gasteiger partial charge is 0.361 e. The van der Waals surface area contributed by atoms with Crippen LogP contribution in [0, 0.1) is 6.92 Å². The highest BCUT2D eigenvalue weighted by molar-refractivity contribution is 7.83. The number of benzene rings is 1. The summed E-state index contributed by atoms with van der Waals surface area (Å²) in [6, 6.07) is 9.22. The molecule has 0 bridgehead atoms. The van der Waals surface area contributed by atoms with Gasteiger partial charge in [-0.1, -0.05) is 35.0 Å². The Morgan fingerprint density at radius 3 is 2.76 bits per heavy atom. The molecule has 0 aliphatic rings. The van der Waals surface area contributed by atoms with Crippen LogP contribution in [-0.2, 0) is 22.3 Å². The lowest BCUT2D eigenvalue weighted by Gasteiger charge is -2.02. The van der Waals surface area contributed by atoms with Gasteiger partial charge in [-0.25, -0.2) is 0 Å². The Bertz CT molecular complexity index is 539. The lowest BCUT2D eigenvalue weighted by molar-refractivity contribution is 0.392. The van der Waals surface area contributed by atoms with Crippen molar-refractivity contribution in [1.82, 2.24) is 5.16 Å². The minimum Gasteiger partial charge on any atom is -0.361 e. The van der Waals surface area contributed by atoms with Crippen molar-refractivity contribution < 1.29 is 8.73 Å². The first-order chi connectivity index (χ1) is 8.15. The predicted molar refractivity (Wildman–Crippen MR) is 68.2 cm³/mol. The summed E-state index contributed by atoms with van der Waals surface area (Å²) in [5, 5.41) is 4.47. The van der Waals surface area contributed by atoms with Crippen LogP contribution in [0.3, 0.4) is 0 Å². The number of aryl methyl sites for hydroxylation is 1. The molecule has 2 rings (SSSR count). The molecule has 17 heavy (non-hydrogen) atoms. The van der Waals surface area contributed by atoms with E-state index in [1.807, 2.05) is 25.1 Å². The van der Waals surface area contributed by atoms with Crippen LogP contribution in [0.15, 0.2) is 34.9 Å². The number of aromatic nitrogens is 1. The van der Waals surface area contributed by atoms with Gasteiger partial charge in [0.05, 0.1) is 17.2 Å². The van der Waals surface area contributed by atoms with Crippen molar-refractivity contribution in [2.75, 3.05) is 0 Å². The summed E-state index contributed by atoms with van der Waals surface area (Å²) >= 11 is 6.01. The van der Waals surface area contributed by atoms with Crippen LogP contribution >= 0.6 is 11.6 Å². The van der Waals surface area contributed by atoms with E-state index < -0.39 is 10.8 Å². The van der Waals surface area contributed by atoms with Gasteiger partial charge in [0.25, 0.3) is 0 Å². The van der Waals surface area contributed by atoms with E-state index >= 15 is 0 Å². The van der Waals surface area contributed by atoms with Gasteiger partial charge < -0.3 is 4.52 Å². The summed E-state index contributed by atoms with van der Waals surface area (Å²) in [5.74, 6) is 1.56. The highest BCUT2D eigenvalue weighted by Gasteiger charge is 2.08. The second-order valence-corrected chi connectivity index (χ2v) is 5.61. The molecule has 2 aromatic rings. The summed E-state index contributed by atoms with van der Waals surface area (Å²) in [6.45, 7) is 1.81. The fraction of sp³-hybridized carbons (Fsp3) is 0.250. The molecule has 0 spiro atoms. The van der Waals surface area contributed by atoms with Crippen LogP contribution in [0.25, 0.3) is 0 Å². The molecule has 1 unspecified atom stereocenters. The molecular weight excluding hydrogens is 258 g/mol. The highest BCUT2D eigenvalue weighted by Crippen LogP contribution is 2.17. The first-order valence-electron chi connectivity index (χ1n) is 5.16. The van der Waals surface area contributed by atoms with Crippen LogP contribution in [0.1, 0.15) is 17.0 Å². The van der Waals surface area contributed by atoms with Gasteiger partial charge in [-0.3, -0.25) is 4.21 Å². The lowest BCUT2D eigenvalue weighted by atomic mass is 10.2. The van der Waals surface area contributed by atoms with Crippen molar-refractivity contribution in [3.8, 4) is 0 Å². The standard InChI is InChI=1S/C12H12ClNO2S/c1-9-6-11(14-16-9)8-17(15)7-10-4-2-3-5-12(10)13/h2-6H,7-8H2,1H3. The van der Waals surface area contributed by atoms with Crippen molar-refractivity contribution >= 4 is 22.4 Å². The molecule has 0 saturated heterocycles. The van der Waals surface area contributed by atoms with Crippen molar-refractivity contribution in [3.05, 3.63) is 52.4 Å². The highest BCUT2D eigenvalue weighted by atomic mass is 35.5. The smallest absolute Gasteiger partial charge is 0.133 e. The Kier molecular flexibility index (Phi) is 3.97. The van der Waals surface area contributed by atoms with Crippen molar-refractivity contribution in [2.24, 2.45) is 0 Å². The maximum absolute atomic E-state index is 11.9. The Balaban J connectivity index is 2.01. The molecule has 1 heterocycles. The van der Waals surface area contributed by atoms with E-state index in [9.17, 15) is 4.21 Å². The normalized spacial score (nSPS) is 12.6. The lowest BCUT2D eigenvalue weighted by Crippen LogP contribution is -2.00. The van der Waals surface area contributed by atoms with Gasteiger partial charge in [-0.15, -0.1) is 0 Å². The first kappa shape index (κ1) is 12.3. The third-order valence-electron chi connectivity index (χ3n) is 2.26. The number of nitrogens with zero attached hydrogens (tertiary/aromatic N) is 1. The Morgan fingerprint density at radius 2 is 2.12 bits per heavy atom. The topological polar surface area (TPSA) is 43.1 Å². The molecule has 1 atom stereocenters. The Morgan fingerprint density at radius 1 is 1.35 bits per heavy atom. The van der Waals surface area contributed by atoms with E-state index in [1.54, 1.807) is 12.1 Å². The second kappa shape index (κ2) is 5.47. The summed E-state index contributed by atoms with van der Waals surface area (Å²) in [7, 11) is -1.03. The Hall–Kier alpha value is -1.13. The van der Waals surface area contributed by atoms with Crippen LogP contribution in [0.5, 0.6) is 0 Å². The second-order valence-electron chi connectivity index (χ2n) is 3.75. The van der Waals surface area contributed by atoms with E-state index in [2.05, 4.69) is 5.16 Å². The van der Waals surface area contributed by atoms with Gasteiger partial charge in [0.15, 0.2) is 0 Å². The third-order valence-corrected chi connectivity index (χ3v) is 3.88. The van der Waals surface area contributed by atoms with Gasteiger partial charge >= 0.3 is 0 Å². The number of rotatable bonds is 4. The summed E-state index contributed by atoms with van der Waals surface area (Å²) in [5.41, 5.74) is 1.61. The predicted octanol–water partition coefficient (Wildman–Crippen LogP) is 3.09. The molecule has 0 aliphatic carbocycles. The molecular formula is C12H12ClNO2S. The third kappa shape index (κ3) is 3.41. The number of hydrogen-bond donors (Lipinski definition) is 0. The number of hydrogen-bond acceptors (Lipinski definition) is 3. The zero-order valence-electron chi connectivity index (χ0n) is 9.35. The minimum absolute atomic E-state index is 0.391. The van der Waals surface area contributed by atoms with E-state index in [1.165, 1.54) is 0 Å². The maximum atomic E-state index is 11.9. The van der Waals surface area contributed by atoms with Crippen molar-refractivity contribution in [3.63, 3.8) is 0 Å². The van der Waals surface area contributed by atoms with E-state index in [0.29, 0.717) is 22.2 Å². The fourth-order valence-electron chi connectivity index (χ4n) is 1.49. The molecule has 0 fully saturated rings. The van der Waals surface area contributed by atoms with Crippen LogP contribution < -0.4 is 0 Å². The van der Waals surface area contributed by atoms with E-state index in [-0.39, 0.29) is 0 Å². The molecule has 0 aliphatic heterocycles. The molecule has 0 saturated carbocycles. The van der Waals surface area contributed by atoms with Gasteiger partial charge in [0.1, 0.15) is 5.76 Å². The van der Waals surface area contributed by atoms with Gasteiger partial charge in [-0.05, 0) is 18.6 Å². The summed E-state index contributed by atoms with van der Waals surface area (Å²) < 4.78 is 16.8. The molecule has 0 N–H and O–H groups in total. The van der Waals surface area contributed by atoms with Crippen LogP contribution in [0.2, 0.25) is 5.02 Å². The molecule has 5 heteroatoms. The molecule has 1 aromatic heterocycles. The summed E-state index contributed by atoms with van der Waals surface area (Å²) in [4.78, 5) is 0. The molecule has 90 valence electrons. The van der Waals surface area contributed by atoms with Crippen LogP contribution in [-0.4, -0.2) is 9.37 Å². The molecule has 3 nitrogen and oxygen atoms in total. The quantitative estimate of drug-likeness (QED) is 0.857. The average molecular weight is 270 g/mol. The zero-order chi connectivity index (χ0) is 12.3. The monoisotopic (exact) mass is 269 g/mol. The minimum atomic E-state index is -1.03. The van der Waals surface area contributed by atoms with Crippen molar-refractivity contribution in [2.45, 2.75) is 18.4 Å². The maximum Gasteiger partial charge on any atom is 0.133 e. The Labute approximate surface area is 107 Å². The van der Waals surface area contributed by atoms with Gasteiger partial charge in [0, 0.05) is 21.9 Å². The van der Waals surface area contributed by atoms with E-state index in [0.717, 1.165) is 11.3 Å². The van der Waals surface area contributed by atoms with Gasteiger partial charge in [-0.2, -0.15) is 0 Å². The van der Waals surface area contributed by atoms with Gasteiger partial charge in [0.2, 0.25) is 0 Å². The molecule has 0 radical (unpaired) electrons. The zero-order valence-corrected chi connectivity index (χ0v) is 10.9. The molecule has 0 amide bonds. The number of halogens is 1.